The first-order chi connectivity index (χ1) is 14.8. The molecule has 0 atom stereocenters. The Labute approximate surface area is 206 Å². The molecule has 0 heterocycles. The van der Waals surface area contributed by atoms with Gasteiger partial charge in [-0.15, -0.1) is 5.41 Å². The summed E-state index contributed by atoms with van der Waals surface area (Å²) in [6.07, 6.45) is 0. The van der Waals surface area contributed by atoms with Gasteiger partial charge in [-0.2, -0.15) is 0 Å². The van der Waals surface area contributed by atoms with E-state index in [1.165, 1.54) is 15.9 Å². The Morgan fingerprint density at radius 2 is 1.22 bits per heavy atom. The summed E-state index contributed by atoms with van der Waals surface area (Å²) >= 11 is 0. The molecule has 0 fully saturated rings. The number of hydrogen-bond donors (Lipinski definition) is 1. The summed E-state index contributed by atoms with van der Waals surface area (Å²) in [6, 6.07) is 32.5. The fourth-order valence-electron chi connectivity index (χ4n) is 2.62. The fraction of sp³-hybridized carbons (Fsp3) is 0.192. The van der Waals surface area contributed by atoms with E-state index in [1.54, 1.807) is 6.92 Å². The second kappa shape index (κ2) is 14.0. The molecule has 0 saturated carbocycles. The third-order valence-electron chi connectivity index (χ3n) is 4.56. The molecule has 1 N–H and O–H groups in total. The molecule has 0 aliphatic rings. The van der Waals surface area contributed by atoms with Gasteiger partial charge in [0, 0.05) is 26.1 Å². The van der Waals surface area contributed by atoms with Gasteiger partial charge in [0.25, 0.3) is 0 Å². The molecule has 4 nitrogen and oxygen atoms in total. The monoisotopic (exact) mass is 541 g/mol. The molecular formula is C26H30NO3PPd. The standard InChI is InChI=1S/C18H15P.C8H14NO3.Pd/c1-4-10-16(11-5-1)19(17-12-6-2-7-13-17)18-14-8-3-9-15-18;1-6(8(2,3)4)9-12-5-7(10)11;/h1-15H;2,5H2,1,3-4H3,(H,10,11);/q;-1;/p+1. The van der Waals surface area contributed by atoms with E-state index in [-0.39, 0.29) is 25.8 Å². The third-order valence-corrected chi connectivity index (χ3v) is 7.29. The summed E-state index contributed by atoms with van der Waals surface area (Å²) in [5.74, 6) is -1.03. The quantitative estimate of drug-likeness (QED) is 0.158. The molecule has 32 heavy (non-hydrogen) atoms. The number of benzene rings is 3. The zero-order valence-electron chi connectivity index (χ0n) is 18.6. The van der Waals surface area contributed by atoms with Gasteiger partial charge in [0.1, 0.15) is 15.9 Å². The molecule has 0 amide bonds. The van der Waals surface area contributed by atoms with Crippen LogP contribution in [0.15, 0.2) is 96.2 Å². The minimum atomic E-state index is -1.03. The summed E-state index contributed by atoms with van der Waals surface area (Å²) < 4.78 is 0. The summed E-state index contributed by atoms with van der Waals surface area (Å²) in [4.78, 5) is 14.6. The van der Waals surface area contributed by atoms with Gasteiger partial charge < -0.3 is 16.9 Å². The van der Waals surface area contributed by atoms with Crippen LogP contribution in [-0.2, 0) is 30.1 Å². The Bertz CT molecular complexity index is 865. The molecule has 0 aromatic heterocycles. The van der Waals surface area contributed by atoms with E-state index in [1.807, 2.05) is 13.8 Å². The van der Waals surface area contributed by atoms with Crippen molar-refractivity contribution < 1.29 is 35.2 Å². The van der Waals surface area contributed by atoms with E-state index < -0.39 is 20.5 Å². The fourth-order valence-corrected chi connectivity index (χ4v) is 5.20. The molecule has 3 aromatic rings. The minimum absolute atomic E-state index is 0. The first-order valence-corrected chi connectivity index (χ1v) is 11.6. The number of carboxylic acid groups (broad SMARTS) is 1. The van der Waals surface area contributed by atoms with E-state index in [0.717, 1.165) is 0 Å². The summed E-state index contributed by atoms with van der Waals surface area (Å²) in [7, 11) is -0.877. The van der Waals surface area contributed by atoms with Gasteiger partial charge in [0.2, 0.25) is 6.61 Å². The molecule has 0 spiro atoms. The van der Waals surface area contributed by atoms with Gasteiger partial charge in [0.05, 0.1) is 7.92 Å². The van der Waals surface area contributed by atoms with Crippen molar-refractivity contribution in [3.63, 3.8) is 0 Å². The maximum absolute atomic E-state index is 10.0. The van der Waals surface area contributed by atoms with Crippen molar-refractivity contribution in [2.75, 3.05) is 6.61 Å². The Hall–Kier alpha value is -2.31. The number of carboxylic acids is 1. The molecule has 0 bridgehead atoms. The third kappa shape index (κ3) is 9.45. The molecule has 0 aliphatic carbocycles. The zero-order valence-corrected chi connectivity index (χ0v) is 21.2. The van der Waals surface area contributed by atoms with Gasteiger partial charge >= 0.3 is 5.97 Å². The SMILES string of the molecule is [CH2-]C(C)(C)C(C)=NOCC(=O)O.[Pd].c1ccc([PH+](c2ccccc2)c2ccccc2)cc1. The predicted molar refractivity (Wildman–Crippen MR) is 132 cm³/mol. The van der Waals surface area contributed by atoms with Crippen molar-refractivity contribution in [2.24, 2.45) is 10.6 Å². The molecule has 172 valence electrons. The van der Waals surface area contributed by atoms with Crippen LogP contribution in [0.5, 0.6) is 0 Å². The summed E-state index contributed by atoms with van der Waals surface area (Å²) in [5.41, 5.74) is 0.349. The largest absolute Gasteiger partial charge is 0.479 e. The Morgan fingerprint density at radius 3 is 1.50 bits per heavy atom. The van der Waals surface area contributed by atoms with E-state index in [0.29, 0.717) is 5.71 Å². The van der Waals surface area contributed by atoms with E-state index in [4.69, 9.17) is 5.11 Å². The van der Waals surface area contributed by atoms with Gasteiger partial charge in [-0.25, -0.2) is 4.79 Å². The second-order valence-corrected chi connectivity index (χ2v) is 10.2. The molecule has 0 radical (unpaired) electrons. The van der Waals surface area contributed by atoms with Crippen molar-refractivity contribution >= 4 is 35.5 Å². The first kappa shape index (κ1) is 27.7. The van der Waals surface area contributed by atoms with Gasteiger partial charge in [-0.05, 0) is 43.3 Å². The number of nitrogens with zero attached hydrogens (tertiary/aromatic N) is 1. The van der Waals surface area contributed by atoms with Crippen LogP contribution in [0.3, 0.4) is 0 Å². The Kier molecular flexibility index (Phi) is 12.1. The van der Waals surface area contributed by atoms with Crippen molar-refractivity contribution in [3.05, 3.63) is 97.9 Å². The second-order valence-electron chi connectivity index (χ2n) is 7.70. The van der Waals surface area contributed by atoms with Crippen LogP contribution in [0.4, 0.5) is 0 Å². The predicted octanol–water partition coefficient (Wildman–Crippen LogP) is 4.50. The Morgan fingerprint density at radius 1 is 0.875 bits per heavy atom. The minimum Gasteiger partial charge on any atom is -0.479 e. The number of oxime groups is 1. The summed E-state index contributed by atoms with van der Waals surface area (Å²) in [6.45, 7) is 8.89. The summed E-state index contributed by atoms with van der Waals surface area (Å²) in [5, 5.41) is 16.1. The van der Waals surface area contributed by atoms with Crippen molar-refractivity contribution in [1.82, 2.24) is 0 Å². The van der Waals surface area contributed by atoms with Crippen LogP contribution in [-0.4, -0.2) is 23.4 Å². The number of aliphatic carboxylic acids is 1. The first-order valence-electron chi connectivity index (χ1n) is 10.1. The molecule has 3 aromatic carbocycles. The molecule has 0 aliphatic heterocycles. The van der Waals surface area contributed by atoms with Crippen LogP contribution < -0.4 is 15.9 Å². The average Bonchev–Trinajstić information content (AvgIpc) is 2.76. The van der Waals surface area contributed by atoms with Crippen LogP contribution in [0.25, 0.3) is 0 Å². The smallest absolute Gasteiger partial charge is 0.344 e. The van der Waals surface area contributed by atoms with Crippen molar-refractivity contribution in [3.8, 4) is 0 Å². The van der Waals surface area contributed by atoms with Crippen LogP contribution in [0.2, 0.25) is 0 Å². The molecule has 3 rings (SSSR count). The normalized spacial score (nSPS) is 11.1. The molecular weight excluding hydrogens is 512 g/mol. The molecule has 6 heteroatoms. The molecule has 0 saturated heterocycles. The van der Waals surface area contributed by atoms with Gasteiger partial charge in [0.15, 0.2) is 0 Å². The maximum Gasteiger partial charge on any atom is 0.344 e. The number of rotatable bonds is 7. The van der Waals surface area contributed by atoms with Crippen molar-refractivity contribution in [1.29, 1.82) is 0 Å². The maximum atomic E-state index is 10.0. The van der Waals surface area contributed by atoms with Crippen LogP contribution >= 0.6 is 7.92 Å². The van der Waals surface area contributed by atoms with E-state index in [9.17, 15) is 4.79 Å². The van der Waals surface area contributed by atoms with Crippen molar-refractivity contribution in [2.45, 2.75) is 20.8 Å². The number of carbonyl (C=O) groups is 1. The van der Waals surface area contributed by atoms with Crippen LogP contribution in [0.1, 0.15) is 20.8 Å². The molecule has 0 unspecified atom stereocenters. The van der Waals surface area contributed by atoms with Gasteiger partial charge in [-0.3, -0.25) is 0 Å². The number of hydrogen-bond acceptors (Lipinski definition) is 3. The van der Waals surface area contributed by atoms with Crippen LogP contribution in [0, 0.1) is 12.3 Å². The zero-order chi connectivity index (χ0) is 22.7. The van der Waals surface area contributed by atoms with E-state index >= 15 is 0 Å². The van der Waals surface area contributed by atoms with E-state index in [2.05, 4.69) is 108 Å². The average molecular weight is 542 g/mol. The van der Waals surface area contributed by atoms with Gasteiger partial charge in [-0.1, -0.05) is 73.6 Å². The Balaban J connectivity index is 0.000000346. The topological polar surface area (TPSA) is 58.9 Å².